The van der Waals surface area contributed by atoms with Crippen LogP contribution in [0.25, 0.3) is 11.1 Å². The Kier molecular flexibility index (Phi) is 43.6. The molecule has 0 spiro atoms. The van der Waals surface area contributed by atoms with E-state index in [1.807, 2.05) is 104 Å². The highest BCUT2D eigenvalue weighted by molar-refractivity contribution is 6.01. The highest BCUT2D eigenvalue weighted by Crippen LogP contribution is 2.45. The molecule has 2 fully saturated rings. The van der Waals surface area contributed by atoms with Crippen LogP contribution in [0.5, 0.6) is 11.5 Å². The van der Waals surface area contributed by atoms with Gasteiger partial charge in [0.15, 0.2) is 0 Å². The molecule has 15 N–H and O–H groups in total. The number of likely N-dealkylation sites (tertiary alicyclic amines) is 2. The molecule has 147 heavy (non-hydrogen) atoms. The van der Waals surface area contributed by atoms with Crippen LogP contribution in [0.1, 0.15) is 237 Å². The molecule has 16 amide bonds. The van der Waals surface area contributed by atoms with Gasteiger partial charge in [0.25, 0.3) is 0 Å². The number of amides is 16. The number of carboxylic acid groups (broad SMARTS) is 1. The minimum absolute atomic E-state index is 0.0119. The van der Waals surface area contributed by atoms with Crippen molar-refractivity contribution in [1.29, 1.82) is 0 Å². The molecule has 39 heteroatoms. The van der Waals surface area contributed by atoms with E-state index in [1.165, 1.54) is 30.6 Å². The molecule has 8 rings (SSSR count). The molecule has 2 aliphatic heterocycles. The van der Waals surface area contributed by atoms with Crippen LogP contribution >= 0.6 is 0 Å². The summed E-state index contributed by atoms with van der Waals surface area (Å²) in [7, 11) is 0. The van der Waals surface area contributed by atoms with E-state index in [-0.39, 0.29) is 95.9 Å². The van der Waals surface area contributed by atoms with Gasteiger partial charge in [-0.15, -0.1) is 0 Å². The molecule has 2 heterocycles. The van der Waals surface area contributed by atoms with E-state index in [9.17, 15) is 72.2 Å². The molecule has 804 valence electrons. The number of unbranched alkanes of at least 4 members (excludes halogenated alkanes) is 1. The first-order valence-electron chi connectivity index (χ1n) is 50.7. The maximum Gasteiger partial charge on any atom is 0.407 e. The maximum absolute atomic E-state index is 15.4. The zero-order chi connectivity index (χ0) is 109. The Morgan fingerprint density at radius 2 is 0.803 bits per heavy atom. The number of carbonyl (C=O) groups excluding carboxylic acids is 16. The quantitative estimate of drug-likeness (QED) is 0.0168. The summed E-state index contributed by atoms with van der Waals surface area (Å²) in [5.74, 6) is -13.1. The van der Waals surface area contributed by atoms with Gasteiger partial charge in [0.1, 0.15) is 120 Å². The van der Waals surface area contributed by atoms with Gasteiger partial charge in [-0.3, -0.25) is 67.1 Å². The fraction of sp³-hybridized carbons (Fsp3) is 0.565. The predicted molar refractivity (Wildman–Crippen MR) is 550 cm³/mol. The van der Waals surface area contributed by atoms with Gasteiger partial charge < -0.3 is 113 Å². The summed E-state index contributed by atoms with van der Waals surface area (Å²) in [5, 5.41) is 47.7. The van der Waals surface area contributed by atoms with Crippen molar-refractivity contribution in [1.82, 2.24) is 84.2 Å². The van der Waals surface area contributed by atoms with Crippen molar-refractivity contribution >= 4 is 101 Å². The molecular formula is C108H154N16O23. The van der Waals surface area contributed by atoms with Crippen molar-refractivity contribution in [2.75, 3.05) is 39.3 Å². The number of aliphatic carboxylic acids is 1. The van der Waals surface area contributed by atoms with Crippen LogP contribution in [-0.4, -0.2) is 262 Å². The molecule has 0 radical (unpaired) electrons. The molecule has 0 aromatic heterocycles. The van der Waals surface area contributed by atoms with E-state index in [4.69, 9.17) is 23.7 Å². The lowest BCUT2D eigenvalue weighted by Crippen LogP contribution is -2.62. The standard InChI is InChI=1S/C108H154N16O23/c1-61(2)54-79(115-86(126)59-111-103(141)143-60-77-75-38-28-26-36-73(75)74-37-27-29-39-76(74)77)94(131)114-65(8)91(128)117-80(56-69-43-47-71(48-44-69)145-106(14,15)16)95(132)116-78(40-30-31-51-109-104(142)147-108(20,21)22)93(130)118-81(55-68-34-24-23-25-35-68)96(133)120-87(62(3)4)99(136)121-88(63(5)6)100(137)123-52-32-41-83(123)97(134)110-58-85(125)112-64(7)90(127)113-66(9)92(129)122-89(67(10)144-105(11,12)13)101(138)124-53-33-42-84(124)98(135)119-82(102(139)140)57-70-45-49-72(50-46-70)146-107(17,18)19/h23-29,34-39,43-50,61-67,77-84,87-89H,30-33,40-42,51-60H2,1-22H3,(H,109,142)(H,110,134)(H,111,141)(H,112,125)(H,113,127)(H,114,131)(H,115,126)(H,116,132)(H,117,128)(H,118,130)(H,119,135)(H,120,133)(H,121,136)(H,122,129)(H,139,140)/t64-,65-,66-,67+,78-,79-,80-,81-,82-,83-,84-,87-,88-,89-/m0/s1. The number of rotatable bonds is 49. The predicted octanol–water partition coefficient (Wildman–Crippen LogP) is 7.44. The van der Waals surface area contributed by atoms with Crippen LogP contribution in [0.15, 0.2) is 127 Å². The Morgan fingerprint density at radius 3 is 1.31 bits per heavy atom. The number of fused-ring (bicyclic) bond motifs is 3. The second-order valence-corrected chi connectivity index (χ2v) is 43.0. The minimum atomic E-state index is -1.49. The lowest BCUT2D eigenvalue weighted by molar-refractivity contribution is -0.149. The monoisotopic (exact) mass is 2040 g/mol. The fourth-order valence-electron chi connectivity index (χ4n) is 17.4. The average molecular weight is 2040 g/mol. The second-order valence-electron chi connectivity index (χ2n) is 43.0. The maximum atomic E-state index is 15.4. The van der Waals surface area contributed by atoms with Crippen molar-refractivity contribution in [3.8, 4) is 22.6 Å². The Hall–Kier alpha value is -13.7. The molecule has 0 saturated carbocycles. The van der Waals surface area contributed by atoms with E-state index in [0.717, 1.165) is 22.3 Å². The Morgan fingerprint density at radius 1 is 0.381 bits per heavy atom. The number of nitrogens with one attached hydrogen (secondary N) is 14. The lowest BCUT2D eigenvalue weighted by Gasteiger charge is -2.35. The van der Waals surface area contributed by atoms with E-state index in [2.05, 4.69) is 74.4 Å². The zero-order valence-electron chi connectivity index (χ0n) is 88.9. The molecule has 2 saturated heterocycles. The lowest BCUT2D eigenvalue weighted by atomic mass is 9.98. The molecule has 5 aromatic carbocycles. The third-order valence-electron chi connectivity index (χ3n) is 24.5. The molecule has 0 bridgehead atoms. The number of hydrogen-bond acceptors (Lipinski definition) is 22. The van der Waals surface area contributed by atoms with Crippen molar-refractivity contribution in [2.24, 2.45) is 17.8 Å². The average Bonchev–Trinajstić information content (AvgIpc) is 1.61. The smallest absolute Gasteiger partial charge is 0.407 e. The van der Waals surface area contributed by atoms with Gasteiger partial charge in [0.05, 0.1) is 18.2 Å². The van der Waals surface area contributed by atoms with Crippen molar-refractivity contribution < 1.29 is 110 Å². The molecule has 0 unspecified atom stereocenters. The molecule has 39 nitrogen and oxygen atoms in total. The van der Waals surface area contributed by atoms with Crippen LogP contribution in [0.3, 0.4) is 0 Å². The summed E-state index contributed by atoms with van der Waals surface area (Å²) >= 11 is 0. The van der Waals surface area contributed by atoms with Crippen molar-refractivity contribution in [2.45, 2.75) is 336 Å². The highest BCUT2D eigenvalue weighted by Gasteiger charge is 2.45. The number of nitrogens with zero attached hydrogens (tertiary/aromatic N) is 2. The van der Waals surface area contributed by atoms with Gasteiger partial charge in [0.2, 0.25) is 82.7 Å². The van der Waals surface area contributed by atoms with Crippen molar-refractivity contribution in [3.63, 3.8) is 0 Å². The Labute approximate surface area is 861 Å². The third kappa shape index (κ3) is 37.9. The first-order valence-corrected chi connectivity index (χ1v) is 50.7. The van der Waals surface area contributed by atoms with Crippen molar-refractivity contribution in [3.05, 3.63) is 155 Å². The van der Waals surface area contributed by atoms with E-state index >= 15 is 14.4 Å². The van der Waals surface area contributed by atoms with Gasteiger partial charge in [-0.25, -0.2) is 14.4 Å². The highest BCUT2D eigenvalue weighted by atomic mass is 16.6. The topological polar surface area (TPSA) is 531 Å². The van der Waals surface area contributed by atoms with Gasteiger partial charge in [-0.1, -0.05) is 145 Å². The van der Waals surface area contributed by atoms with Gasteiger partial charge in [-0.2, -0.15) is 0 Å². The van der Waals surface area contributed by atoms with E-state index in [0.29, 0.717) is 41.0 Å². The first kappa shape index (κ1) is 118. The van der Waals surface area contributed by atoms with Gasteiger partial charge >= 0.3 is 18.2 Å². The number of carboxylic acids is 1. The number of alkyl carbamates (subject to hydrolysis) is 2. The first-order chi connectivity index (χ1) is 68.9. The largest absolute Gasteiger partial charge is 0.488 e. The van der Waals surface area contributed by atoms with Crippen LogP contribution in [0.4, 0.5) is 9.59 Å². The molecule has 1 aliphatic carbocycles. The summed E-state index contributed by atoms with van der Waals surface area (Å²) in [5.41, 5.74) is 2.98. The zero-order valence-corrected chi connectivity index (χ0v) is 88.9. The van der Waals surface area contributed by atoms with Crippen LogP contribution in [0.2, 0.25) is 0 Å². The SMILES string of the molecule is CC(C)C[C@H](NC(=O)CNC(=O)OCC1c2ccccc2-c2ccccc21)C(=O)N[C@@H](C)C(=O)N[C@@H](Cc1ccc(OC(C)(C)C)cc1)C(=O)N[C@@H](CCCCNC(=O)OC(C)(C)C)C(=O)N[C@@H](Cc1ccccc1)C(=O)N[C@H](C(=O)N[C@H](C(=O)N1CCC[C@H]1C(=O)NCC(=O)N[C@@H](C)C(=O)N[C@@H](C)C(=O)N[C@H](C(=O)N1CCC[C@H]1C(=O)N[C@@H](Cc1ccc(OC(C)(C)C)cc1)C(=O)O)[C@@H](C)OC(C)(C)C)C(C)C)C(C)C. The molecule has 5 aromatic rings. The van der Waals surface area contributed by atoms with E-state index < -0.39 is 233 Å². The summed E-state index contributed by atoms with van der Waals surface area (Å²) in [4.78, 5) is 243. The molecule has 3 aliphatic rings. The fourth-order valence-corrected chi connectivity index (χ4v) is 17.4. The number of benzene rings is 5. The normalized spacial score (nSPS) is 16.6. The number of carbonyl (C=O) groups is 17. The third-order valence-corrected chi connectivity index (χ3v) is 24.5. The minimum Gasteiger partial charge on any atom is -0.488 e. The summed E-state index contributed by atoms with van der Waals surface area (Å²) in [6, 6.07) is 20.3. The van der Waals surface area contributed by atoms with Gasteiger partial charge in [-0.05, 0) is 243 Å². The Bertz CT molecular complexity index is 5350. The molecule has 14 atom stereocenters. The Balaban J connectivity index is 0.908. The summed E-state index contributed by atoms with van der Waals surface area (Å²) in [6.07, 6.45) is -1.62. The van der Waals surface area contributed by atoms with Crippen LogP contribution in [-0.2, 0) is 105 Å². The van der Waals surface area contributed by atoms with Crippen LogP contribution < -0.4 is 83.9 Å². The summed E-state index contributed by atoms with van der Waals surface area (Å²) in [6.45, 7) is 36.4. The van der Waals surface area contributed by atoms with Gasteiger partial charge in [0, 0.05) is 44.8 Å². The van der Waals surface area contributed by atoms with E-state index in [1.54, 1.807) is 155 Å². The molecular weight excluding hydrogens is 1890 g/mol. The van der Waals surface area contributed by atoms with Crippen LogP contribution in [0, 0.1) is 17.8 Å². The second kappa shape index (κ2) is 54.1. The number of ether oxygens (including phenoxy) is 5. The summed E-state index contributed by atoms with van der Waals surface area (Å²) < 4.78 is 29.2. The number of hydrogen-bond donors (Lipinski definition) is 15.